The Morgan fingerprint density at radius 2 is 2.09 bits per heavy atom. The minimum atomic E-state index is -0.510. The van der Waals surface area contributed by atoms with Gasteiger partial charge in [0, 0.05) is 36.8 Å². The van der Waals surface area contributed by atoms with Crippen LogP contribution in [0.4, 0.5) is 15.9 Å². The van der Waals surface area contributed by atoms with Gasteiger partial charge in [-0.2, -0.15) is 0 Å². The average molecular weight is 471 g/mol. The molecule has 1 aliphatic rings. The summed E-state index contributed by atoms with van der Waals surface area (Å²) in [6.45, 7) is 8.31. The lowest BCUT2D eigenvalue weighted by Crippen LogP contribution is -2.37. The molecular formula is C24H24ClFN4O3. The fourth-order valence-electron chi connectivity index (χ4n) is 3.61. The van der Waals surface area contributed by atoms with Crippen molar-refractivity contribution in [2.75, 3.05) is 44.8 Å². The number of nitrogens with zero attached hydrogens (tertiary/aromatic N) is 3. The number of hydrogen-bond acceptors (Lipinski definition) is 7. The highest BCUT2D eigenvalue weighted by molar-refractivity contribution is 6.31. The highest BCUT2D eigenvalue weighted by atomic mass is 35.5. The van der Waals surface area contributed by atoms with Crippen molar-refractivity contribution in [1.82, 2.24) is 14.9 Å². The van der Waals surface area contributed by atoms with Gasteiger partial charge in [0.2, 0.25) is 0 Å². The number of allylic oxidation sites excluding steroid dienone is 1. The van der Waals surface area contributed by atoms with E-state index < -0.39 is 5.82 Å². The fraction of sp³-hybridized carbons (Fsp3) is 0.292. The molecule has 0 amide bonds. The van der Waals surface area contributed by atoms with Gasteiger partial charge in [0.15, 0.2) is 5.78 Å². The Morgan fingerprint density at radius 3 is 2.85 bits per heavy atom. The number of nitrogens with one attached hydrogen (secondary N) is 1. The highest BCUT2D eigenvalue weighted by Gasteiger charge is 2.16. The normalized spacial score (nSPS) is 14.2. The van der Waals surface area contributed by atoms with E-state index in [9.17, 15) is 9.18 Å². The Balaban J connectivity index is 1.56. The standard InChI is InChI=1S/C24H24ClFN4O3/c1-2-22(31)18-13-17-21(14-23(18)33-9-3-6-30-7-10-32-11-8-30)27-15-28-24(17)29-16-4-5-20(26)19(25)12-16/h2,4-5,12-15H,1,3,6-11H2,(H,27,28,29). The molecule has 4 rings (SSSR count). The maximum Gasteiger partial charge on any atom is 0.188 e. The number of anilines is 2. The Labute approximate surface area is 196 Å². The number of aromatic nitrogens is 2. The summed E-state index contributed by atoms with van der Waals surface area (Å²) in [5.41, 5.74) is 1.53. The Morgan fingerprint density at radius 1 is 1.27 bits per heavy atom. The minimum Gasteiger partial charge on any atom is -0.493 e. The topological polar surface area (TPSA) is 76.6 Å². The van der Waals surface area contributed by atoms with E-state index in [0.717, 1.165) is 39.3 Å². The summed E-state index contributed by atoms with van der Waals surface area (Å²) < 4.78 is 24.8. The molecule has 1 saturated heterocycles. The number of hydrogen-bond donors (Lipinski definition) is 1. The van der Waals surface area contributed by atoms with Gasteiger partial charge in [-0.1, -0.05) is 18.2 Å². The number of ether oxygens (including phenoxy) is 2. The zero-order valence-corrected chi connectivity index (χ0v) is 18.8. The summed E-state index contributed by atoms with van der Waals surface area (Å²) in [5.74, 6) is 0.132. The first-order valence-corrected chi connectivity index (χ1v) is 11.0. The average Bonchev–Trinajstić information content (AvgIpc) is 2.84. The van der Waals surface area contributed by atoms with Crippen molar-refractivity contribution in [2.45, 2.75) is 6.42 Å². The molecule has 0 bridgehead atoms. The molecule has 0 unspecified atom stereocenters. The molecular weight excluding hydrogens is 447 g/mol. The summed E-state index contributed by atoms with van der Waals surface area (Å²) >= 11 is 5.89. The molecule has 1 fully saturated rings. The number of fused-ring (bicyclic) bond motifs is 1. The molecule has 0 saturated carbocycles. The predicted octanol–water partition coefficient (Wildman–Crippen LogP) is 4.64. The molecule has 2 heterocycles. The van der Waals surface area contributed by atoms with E-state index in [1.54, 1.807) is 18.2 Å². The number of morpholine rings is 1. The van der Waals surface area contributed by atoms with Crippen molar-refractivity contribution in [3.63, 3.8) is 0 Å². The van der Waals surface area contributed by atoms with E-state index in [1.165, 1.54) is 24.5 Å². The summed E-state index contributed by atoms with van der Waals surface area (Å²) in [7, 11) is 0. The van der Waals surface area contributed by atoms with Crippen LogP contribution in [-0.2, 0) is 4.74 Å². The van der Waals surface area contributed by atoms with Crippen LogP contribution in [0.3, 0.4) is 0 Å². The van der Waals surface area contributed by atoms with Gasteiger partial charge in [-0.3, -0.25) is 9.69 Å². The van der Waals surface area contributed by atoms with Gasteiger partial charge in [0.1, 0.15) is 23.7 Å². The predicted molar refractivity (Wildman–Crippen MR) is 126 cm³/mol. The number of halogens is 2. The van der Waals surface area contributed by atoms with Gasteiger partial charge in [0.25, 0.3) is 0 Å². The highest BCUT2D eigenvalue weighted by Crippen LogP contribution is 2.31. The van der Waals surface area contributed by atoms with Crippen molar-refractivity contribution in [2.24, 2.45) is 0 Å². The molecule has 33 heavy (non-hydrogen) atoms. The van der Waals surface area contributed by atoms with Crippen LogP contribution in [0.15, 0.2) is 49.3 Å². The van der Waals surface area contributed by atoms with Gasteiger partial charge < -0.3 is 14.8 Å². The monoisotopic (exact) mass is 470 g/mol. The van der Waals surface area contributed by atoms with Crippen molar-refractivity contribution in [3.05, 3.63) is 65.7 Å². The number of carbonyl (C=O) groups excluding carboxylic acids is 1. The first-order chi connectivity index (χ1) is 16.0. The van der Waals surface area contributed by atoms with Crippen LogP contribution in [0.1, 0.15) is 16.8 Å². The Kier molecular flexibility index (Phi) is 7.49. The zero-order chi connectivity index (χ0) is 23.2. The quantitative estimate of drug-likeness (QED) is 0.277. The minimum absolute atomic E-state index is 0.00588. The number of carbonyl (C=O) groups is 1. The van der Waals surface area contributed by atoms with Crippen LogP contribution in [0, 0.1) is 5.82 Å². The van der Waals surface area contributed by atoms with Crippen LogP contribution in [0.5, 0.6) is 5.75 Å². The third kappa shape index (κ3) is 5.65. The first-order valence-electron chi connectivity index (χ1n) is 10.7. The lowest BCUT2D eigenvalue weighted by Gasteiger charge is -2.26. The molecule has 9 heteroatoms. The molecule has 2 aromatic carbocycles. The van der Waals surface area contributed by atoms with Crippen molar-refractivity contribution >= 4 is 39.8 Å². The SMILES string of the molecule is C=CC(=O)c1cc2c(Nc3ccc(F)c(Cl)c3)ncnc2cc1OCCCN1CCOCC1. The fourth-order valence-corrected chi connectivity index (χ4v) is 3.79. The molecule has 0 aliphatic carbocycles. The van der Waals surface area contributed by atoms with Crippen LogP contribution < -0.4 is 10.1 Å². The molecule has 0 spiro atoms. The maximum atomic E-state index is 13.5. The summed E-state index contributed by atoms with van der Waals surface area (Å²) in [4.78, 5) is 23.5. The molecule has 1 aliphatic heterocycles. The van der Waals surface area contributed by atoms with Gasteiger partial charge in [-0.25, -0.2) is 14.4 Å². The Bertz CT molecular complexity index is 1170. The van der Waals surface area contributed by atoms with Crippen molar-refractivity contribution in [3.8, 4) is 5.75 Å². The third-order valence-corrected chi connectivity index (χ3v) is 5.64. The molecule has 1 aromatic heterocycles. The number of rotatable bonds is 9. The molecule has 3 aromatic rings. The second kappa shape index (κ2) is 10.7. The first kappa shape index (κ1) is 23.1. The smallest absolute Gasteiger partial charge is 0.188 e. The molecule has 1 N–H and O–H groups in total. The van der Waals surface area contributed by atoms with Gasteiger partial charge in [0.05, 0.1) is 35.9 Å². The van der Waals surface area contributed by atoms with E-state index in [0.29, 0.717) is 40.3 Å². The van der Waals surface area contributed by atoms with E-state index in [2.05, 4.69) is 26.8 Å². The lowest BCUT2D eigenvalue weighted by molar-refractivity contribution is 0.0358. The molecule has 0 radical (unpaired) electrons. The lowest BCUT2D eigenvalue weighted by atomic mass is 10.1. The van der Waals surface area contributed by atoms with E-state index in [-0.39, 0.29) is 10.8 Å². The molecule has 7 nitrogen and oxygen atoms in total. The molecule has 172 valence electrons. The van der Waals surface area contributed by atoms with Crippen LogP contribution in [0.25, 0.3) is 10.9 Å². The zero-order valence-electron chi connectivity index (χ0n) is 18.0. The second-order valence-electron chi connectivity index (χ2n) is 7.57. The van der Waals surface area contributed by atoms with Gasteiger partial charge in [-0.15, -0.1) is 0 Å². The Hall–Kier alpha value is -3.07. The largest absolute Gasteiger partial charge is 0.493 e. The van der Waals surface area contributed by atoms with Gasteiger partial charge in [-0.05, 0) is 36.8 Å². The van der Waals surface area contributed by atoms with Crippen molar-refractivity contribution < 1.29 is 18.7 Å². The summed E-state index contributed by atoms with van der Waals surface area (Å²) in [6, 6.07) is 7.70. The van der Waals surface area contributed by atoms with Crippen LogP contribution in [-0.4, -0.2) is 60.1 Å². The molecule has 0 atom stereocenters. The van der Waals surface area contributed by atoms with E-state index in [4.69, 9.17) is 21.1 Å². The van der Waals surface area contributed by atoms with E-state index >= 15 is 0 Å². The van der Waals surface area contributed by atoms with Crippen LogP contribution in [0.2, 0.25) is 5.02 Å². The maximum absolute atomic E-state index is 13.5. The third-order valence-electron chi connectivity index (χ3n) is 5.35. The van der Waals surface area contributed by atoms with E-state index in [1.807, 2.05) is 0 Å². The summed E-state index contributed by atoms with van der Waals surface area (Å²) in [6.07, 6.45) is 3.48. The number of benzene rings is 2. The number of ketones is 1. The second-order valence-corrected chi connectivity index (χ2v) is 7.97. The van der Waals surface area contributed by atoms with Crippen LogP contribution >= 0.6 is 11.6 Å². The summed E-state index contributed by atoms with van der Waals surface area (Å²) in [5, 5.41) is 3.72. The van der Waals surface area contributed by atoms with Gasteiger partial charge >= 0.3 is 0 Å². The van der Waals surface area contributed by atoms with Crippen molar-refractivity contribution in [1.29, 1.82) is 0 Å².